The highest BCUT2D eigenvalue weighted by Crippen LogP contribution is 2.31. The van der Waals surface area contributed by atoms with Gasteiger partial charge in [-0.05, 0) is 13.1 Å². The van der Waals surface area contributed by atoms with Crippen LogP contribution in [0.15, 0.2) is 24.4 Å². The second-order valence-electron chi connectivity index (χ2n) is 3.71. The molecule has 0 aliphatic rings. The van der Waals surface area contributed by atoms with Crippen LogP contribution in [0.25, 0.3) is 21.9 Å². The lowest BCUT2D eigenvalue weighted by molar-refractivity contribution is 0.654. The van der Waals surface area contributed by atoms with Crippen molar-refractivity contribution in [2.75, 3.05) is 7.05 Å². The van der Waals surface area contributed by atoms with Gasteiger partial charge in [0.2, 0.25) is 0 Å². The van der Waals surface area contributed by atoms with Crippen LogP contribution in [0.4, 0.5) is 0 Å². The summed E-state index contributed by atoms with van der Waals surface area (Å²) in [6.45, 7) is 0.712. The summed E-state index contributed by atoms with van der Waals surface area (Å²) in [5.41, 5.74) is 3.15. The molecule has 0 aliphatic heterocycles. The first kappa shape index (κ1) is 9.69. The molecule has 16 heavy (non-hydrogen) atoms. The van der Waals surface area contributed by atoms with Gasteiger partial charge in [0.25, 0.3) is 0 Å². The number of rotatable bonds is 2. The number of H-pyrrole nitrogens is 1. The SMILES string of the molecule is CNCn1c2cn[nH]c2c2cccc(Cl)c21. The van der Waals surface area contributed by atoms with Crippen LogP contribution in [0, 0.1) is 0 Å². The summed E-state index contributed by atoms with van der Waals surface area (Å²) in [5, 5.41) is 12.1. The smallest absolute Gasteiger partial charge is 0.0909 e. The van der Waals surface area contributed by atoms with E-state index < -0.39 is 0 Å². The molecule has 0 radical (unpaired) electrons. The van der Waals surface area contributed by atoms with Crippen LogP contribution >= 0.6 is 11.6 Å². The molecule has 2 N–H and O–H groups in total. The number of halogens is 1. The van der Waals surface area contributed by atoms with Gasteiger partial charge in [-0.15, -0.1) is 0 Å². The third kappa shape index (κ3) is 1.17. The van der Waals surface area contributed by atoms with Gasteiger partial charge >= 0.3 is 0 Å². The Labute approximate surface area is 97.2 Å². The number of aromatic amines is 1. The summed E-state index contributed by atoms with van der Waals surface area (Å²) in [6, 6.07) is 5.91. The quantitative estimate of drug-likeness (QED) is 0.715. The van der Waals surface area contributed by atoms with Gasteiger partial charge in [0.05, 0.1) is 34.4 Å². The molecule has 2 heterocycles. The first-order chi connectivity index (χ1) is 7.83. The highest BCUT2D eigenvalue weighted by Gasteiger charge is 2.13. The van der Waals surface area contributed by atoms with Gasteiger partial charge in [0.1, 0.15) is 0 Å². The molecule has 3 rings (SSSR count). The topological polar surface area (TPSA) is 45.6 Å². The third-order valence-corrected chi connectivity index (χ3v) is 3.06. The maximum atomic E-state index is 6.24. The third-order valence-electron chi connectivity index (χ3n) is 2.75. The number of benzene rings is 1. The van der Waals surface area contributed by atoms with Gasteiger partial charge in [-0.1, -0.05) is 23.7 Å². The zero-order valence-corrected chi connectivity index (χ0v) is 9.54. The van der Waals surface area contributed by atoms with E-state index in [9.17, 15) is 0 Å². The van der Waals surface area contributed by atoms with E-state index in [1.807, 2.05) is 31.4 Å². The molecule has 4 nitrogen and oxygen atoms in total. The molecule has 0 spiro atoms. The van der Waals surface area contributed by atoms with Crippen molar-refractivity contribution in [2.24, 2.45) is 0 Å². The predicted octanol–water partition coefficient (Wildman–Crippen LogP) is 2.35. The van der Waals surface area contributed by atoms with Gasteiger partial charge < -0.3 is 9.88 Å². The number of para-hydroxylation sites is 1. The molecule has 82 valence electrons. The number of hydrogen-bond acceptors (Lipinski definition) is 2. The largest absolute Gasteiger partial charge is 0.323 e. The minimum atomic E-state index is 0.712. The van der Waals surface area contributed by atoms with E-state index in [0.717, 1.165) is 27.0 Å². The van der Waals surface area contributed by atoms with Crippen LogP contribution in [0.3, 0.4) is 0 Å². The Morgan fingerprint density at radius 1 is 1.50 bits per heavy atom. The molecule has 5 heteroatoms. The Morgan fingerprint density at radius 2 is 2.38 bits per heavy atom. The van der Waals surface area contributed by atoms with Crippen LogP contribution in [-0.4, -0.2) is 21.8 Å². The summed E-state index contributed by atoms with van der Waals surface area (Å²) >= 11 is 6.24. The van der Waals surface area contributed by atoms with Crippen molar-refractivity contribution in [3.63, 3.8) is 0 Å². The Balaban J connectivity index is 2.51. The fourth-order valence-electron chi connectivity index (χ4n) is 2.12. The minimum absolute atomic E-state index is 0.712. The van der Waals surface area contributed by atoms with Crippen LogP contribution < -0.4 is 5.32 Å². The van der Waals surface area contributed by atoms with Crippen LogP contribution in [-0.2, 0) is 6.67 Å². The lowest BCUT2D eigenvalue weighted by atomic mass is 10.2. The number of aromatic nitrogens is 3. The molecule has 3 aromatic rings. The Morgan fingerprint density at radius 3 is 3.19 bits per heavy atom. The fourth-order valence-corrected chi connectivity index (χ4v) is 2.39. The van der Waals surface area contributed by atoms with Crippen molar-refractivity contribution in [1.82, 2.24) is 20.1 Å². The second-order valence-corrected chi connectivity index (χ2v) is 4.11. The summed E-state index contributed by atoms with van der Waals surface area (Å²) < 4.78 is 2.12. The lowest BCUT2D eigenvalue weighted by Crippen LogP contribution is -2.12. The van der Waals surface area contributed by atoms with Crippen molar-refractivity contribution in [3.05, 3.63) is 29.4 Å². The molecule has 0 unspecified atom stereocenters. The lowest BCUT2D eigenvalue weighted by Gasteiger charge is -2.05. The highest BCUT2D eigenvalue weighted by atomic mass is 35.5. The monoisotopic (exact) mass is 234 g/mol. The van der Waals surface area contributed by atoms with E-state index in [0.29, 0.717) is 6.67 Å². The van der Waals surface area contributed by atoms with E-state index in [2.05, 4.69) is 20.1 Å². The van der Waals surface area contributed by atoms with E-state index >= 15 is 0 Å². The molecule has 0 fully saturated rings. The van der Waals surface area contributed by atoms with Crippen LogP contribution in [0.5, 0.6) is 0 Å². The summed E-state index contributed by atoms with van der Waals surface area (Å²) in [5.74, 6) is 0. The zero-order valence-electron chi connectivity index (χ0n) is 8.79. The average Bonchev–Trinajstić information content (AvgIpc) is 2.83. The Bertz CT molecular complexity index is 652. The molecule has 0 saturated carbocycles. The maximum absolute atomic E-state index is 6.24. The van der Waals surface area contributed by atoms with E-state index in [1.54, 1.807) is 0 Å². The standard InChI is InChI=1S/C11H11ClN4/c1-13-6-16-9-5-14-15-10(9)7-3-2-4-8(12)11(7)16/h2-5,13H,6H2,1H3,(H,14,15). The first-order valence-electron chi connectivity index (χ1n) is 5.07. The summed E-state index contributed by atoms with van der Waals surface area (Å²) in [4.78, 5) is 0. The predicted molar refractivity (Wildman–Crippen MR) is 65.7 cm³/mol. The average molecular weight is 235 g/mol. The molecule has 2 aromatic heterocycles. The summed E-state index contributed by atoms with van der Waals surface area (Å²) in [7, 11) is 1.91. The van der Waals surface area contributed by atoms with E-state index in [1.165, 1.54) is 0 Å². The van der Waals surface area contributed by atoms with Crippen molar-refractivity contribution >= 4 is 33.5 Å². The molecule has 0 saturated heterocycles. The number of nitrogens with one attached hydrogen (secondary N) is 2. The van der Waals surface area contributed by atoms with Crippen LogP contribution in [0.1, 0.15) is 0 Å². The van der Waals surface area contributed by atoms with E-state index in [4.69, 9.17) is 11.6 Å². The molecule has 0 atom stereocenters. The first-order valence-corrected chi connectivity index (χ1v) is 5.45. The molecule has 1 aromatic carbocycles. The van der Waals surface area contributed by atoms with E-state index in [-0.39, 0.29) is 0 Å². The minimum Gasteiger partial charge on any atom is -0.323 e. The zero-order chi connectivity index (χ0) is 11.1. The highest BCUT2D eigenvalue weighted by molar-refractivity contribution is 6.36. The normalized spacial score (nSPS) is 11.6. The molecule has 0 amide bonds. The fraction of sp³-hybridized carbons (Fsp3) is 0.182. The molecular formula is C11H11ClN4. The van der Waals surface area contributed by atoms with Gasteiger partial charge in [0, 0.05) is 5.39 Å². The van der Waals surface area contributed by atoms with Crippen LogP contribution in [0.2, 0.25) is 5.02 Å². The van der Waals surface area contributed by atoms with Gasteiger partial charge in [-0.2, -0.15) is 5.10 Å². The van der Waals surface area contributed by atoms with Gasteiger partial charge in [-0.25, -0.2) is 0 Å². The Kier molecular flexibility index (Phi) is 2.12. The number of nitrogens with zero attached hydrogens (tertiary/aromatic N) is 2. The maximum Gasteiger partial charge on any atom is 0.0909 e. The Hall–Kier alpha value is -1.52. The van der Waals surface area contributed by atoms with Crippen molar-refractivity contribution in [3.8, 4) is 0 Å². The van der Waals surface area contributed by atoms with Crippen molar-refractivity contribution < 1.29 is 0 Å². The molecule has 0 aliphatic carbocycles. The number of fused-ring (bicyclic) bond motifs is 3. The molecule has 0 bridgehead atoms. The van der Waals surface area contributed by atoms with Gasteiger partial charge in [-0.3, -0.25) is 5.10 Å². The second kappa shape index (κ2) is 3.50. The molecular weight excluding hydrogens is 224 g/mol. The van der Waals surface area contributed by atoms with Crippen molar-refractivity contribution in [1.29, 1.82) is 0 Å². The van der Waals surface area contributed by atoms with Crippen molar-refractivity contribution in [2.45, 2.75) is 6.67 Å². The van der Waals surface area contributed by atoms with Gasteiger partial charge in [0.15, 0.2) is 0 Å². The summed E-state index contributed by atoms with van der Waals surface area (Å²) in [6.07, 6.45) is 1.82. The number of hydrogen-bond donors (Lipinski definition) is 2.